The van der Waals surface area contributed by atoms with Gasteiger partial charge >= 0.3 is 0 Å². The molecule has 2 rings (SSSR count). The van der Waals surface area contributed by atoms with Crippen molar-refractivity contribution in [2.75, 3.05) is 13.1 Å². The van der Waals surface area contributed by atoms with Gasteiger partial charge < -0.3 is 5.73 Å². The summed E-state index contributed by atoms with van der Waals surface area (Å²) >= 11 is 0. The topological polar surface area (TPSA) is 29.3 Å². The number of aryl methyl sites for hydroxylation is 1. The molecular weight excluding hydrogens is 220 g/mol. The summed E-state index contributed by atoms with van der Waals surface area (Å²) in [6.45, 7) is 6.38. The molecule has 1 aliphatic rings. The van der Waals surface area contributed by atoms with Crippen molar-refractivity contribution in [1.29, 1.82) is 0 Å². The second-order valence-electron chi connectivity index (χ2n) is 5.46. The van der Waals surface area contributed by atoms with Crippen LogP contribution in [0.4, 0.5) is 0 Å². The summed E-state index contributed by atoms with van der Waals surface area (Å²) < 4.78 is 0. The minimum absolute atomic E-state index is 0.398. The zero-order chi connectivity index (χ0) is 13.0. The van der Waals surface area contributed by atoms with E-state index >= 15 is 0 Å². The van der Waals surface area contributed by atoms with Crippen molar-refractivity contribution >= 4 is 0 Å². The highest BCUT2D eigenvalue weighted by atomic mass is 15.2. The lowest BCUT2D eigenvalue weighted by atomic mass is 9.94. The zero-order valence-corrected chi connectivity index (χ0v) is 11.7. The molecule has 0 spiro atoms. The minimum atomic E-state index is 0.398. The average Bonchev–Trinajstić information content (AvgIpc) is 2.40. The van der Waals surface area contributed by atoms with Crippen LogP contribution in [-0.2, 0) is 0 Å². The summed E-state index contributed by atoms with van der Waals surface area (Å²) in [7, 11) is 0. The Bertz CT molecular complexity index is 375. The molecule has 2 N–H and O–H groups in total. The Morgan fingerprint density at radius 1 is 1.39 bits per heavy atom. The smallest absolute Gasteiger partial charge is 0.0473 e. The summed E-state index contributed by atoms with van der Waals surface area (Å²) in [5, 5.41) is 0. The van der Waals surface area contributed by atoms with Crippen molar-refractivity contribution in [2.24, 2.45) is 5.73 Å². The van der Waals surface area contributed by atoms with E-state index in [9.17, 15) is 0 Å². The monoisotopic (exact) mass is 246 g/mol. The van der Waals surface area contributed by atoms with Crippen molar-refractivity contribution < 1.29 is 0 Å². The van der Waals surface area contributed by atoms with Gasteiger partial charge in [0.25, 0.3) is 0 Å². The minimum Gasteiger partial charge on any atom is -0.329 e. The lowest BCUT2D eigenvalue weighted by Gasteiger charge is -2.41. The van der Waals surface area contributed by atoms with E-state index < -0.39 is 0 Å². The predicted molar refractivity (Wildman–Crippen MR) is 77.6 cm³/mol. The van der Waals surface area contributed by atoms with Crippen LogP contribution >= 0.6 is 0 Å². The van der Waals surface area contributed by atoms with Crippen LogP contribution in [-0.4, -0.2) is 24.0 Å². The highest BCUT2D eigenvalue weighted by Gasteiger charge is 2.27. The first-order valence-corrected chi connectivity index (χ1v) is 7.28. The molecule has 1 heterocycles. The molecule has 1 aromatic rings. The van der Waals surface area contributed by atoms with E-state index in [2.05, 4.69) is 43.0 Å². The third-order valence-corrected chi connectivity index (χ3v) is 4.19. The van der Waals surface area contributed by atoms with Crippen LogP contribution in [0.15, 0.2) is 24.3 Å². The van der Waals surface area contributed by atoms with Gasteiger partial charge in [0.05, 0.1) is 0 Å². The van der Waals surface area contributed by atoms with Gasteiger partial charge in [0.2, 0.25) is 0 Å². The quantitative estimate of drug-likeness (QED) is 0.883. The van der Waals surface area contributed by atoms with Crippen LogP contribution in [0.1, 0.15) is 49.8 Å². The SMILES string of the molecule is CCC1CCCCN1C(CN)c1cccc(C)c1. The molecule has 0 radical (unpaired) electrons. The molecule has 18 heavy (non-hydrogen) atoms. The lowest BCUT2D eigenvalue weighted by Crippen LogP contribution is -2.44. The van der Waals surface area contributed by atoms with Crippen LogP contribution in [0.3, 0.4) is 0 Å². The third-order valence-electron chi connectivity index (χ3n) is 4.19. The van der Waals surface area contributed by atoms with E-state index in [1.54, 1.807) is 0 Å². The largest absolute Gasteiger partial charge is 0.329 e. The number of hydrogen-bond donors (Lipinski definition) is 1. The van der Waals surface area contributed by atoms with Crippen LogP contribution in [0.25, 0.3) is 0 Å². The number of nitrogens with zero attached hydrogens (tertiary/aromatic N) is 1. The van der Waals surface area contributed by atoms with Gasteiger partial charge in [-0.1, -0.05) is 43.2 Å². The summed E-state index contributed by atoms with van der Waals surface area (Å²) in [6, 6.07) is 9.94. The van der Waals surface area contributed by atoms with Gasteiger partial charge in [-0.3, -0.25) is 4.90 Å². The van der Waals surface area contributed by atoms with Gasteiger partial charge in [0.15, 0.2) is 0 Å². The lowest BCUT2D eigenvalue weighted by molar-refractivity contribution is 0.0949. The molecule has 100 valence electrons. The van der Waals surface area contributed by atoms with Crippen molar-refractivity contribution in [3.05, 3.63) is 35.4 Å². The Balaban J connectivity index is 2.21. The number of nitrogens with two attached hydrogens (primary N) is 1. The Kier molecular flexibility index (Phi) is 4.79. The molecule has 0 saturated carbocycles. The fraction of sp³-hybridized carbons (Fsp3) is 0.625. The summed E-state index contributed by atoms with van der Waals surface area (Å²) in [6.07, 6.45) is 5.26. The predicted octanol–water partition coefficient (Wildman–Crippen LogP) is 3.26. The molecule has 0 amide bonds. The zero-order valence-electron chi connectivity index (χ0n) is 11.7. The number of benzene rings is 1. The summed E-state index contributed by atoms with van der Waals surface area (Å²) in [5.41, 5.74) is 8.78. The molecule has 2 unspecified atom stereocenters. The van der Waals surface area contributed by atoms with Crippen LogP contribution < -0.4 is 5.73 Å². The van der Waals surface area contributed by atoms with Gasteiger partial charge in [0.1, 0.15) is 0 Å². The number of hydrogen-bond acceptors (Lipinski definition) is 2. The van der Waals surface area contributed by atoms with E-state index in [0.717, 1.165) is 6.54 Å². The standard InChI is InChI=1S/C16H26N2/c1-3-15-9-4-5-10-18(15)16(12-17)14-8-6-7-13(2)11-14/h6-8,11,15-16H,3-5,9-10,12,17H2,1-2H3. The van der Waals surface area contributed by atoms with E-state index in [1.165, 1.54) is 43.4 Å². The van der Waals surface area contributed by atoms with Gasteiger partial charge in [-0.25, -0.2) is 0 Å². The molecule has 0 aromatic heterocycles. The molecular formula is C16H26N2. The molecule has 1 aliphatic heterocycles. The van der Waals surface area contributed by atoms with Crippen LogP contribution in [0.5, 0.6) is 0 Å². The maximum absolute atomic E-state index is 6.06. The Morgan fingerprint density at radius 2 is 2.22 bits per heavy atom. The molecule has 2 nitrogen and oxygen atoms in total. The maximum Gasteiger partial charge on any atom is 0.0473 e. The molecule has 1 aromatic carbocycles. The van der Waals surface area contributed by atoms with Crippen LogP contribution in [0, 0.1) is 6.92 Å². The molecule has 0 aliphatic carbocycles. The third kappa shape index (κ3) is 2.93. The fourth-order valence-electron chi connectivity index (χ4n) is 3.21. The first-order chi connectivity index (χ1) is 8.76. The number of rotatable bonds is 4. The Hall–Kier alpha value is -0.860. The summed E-state index contributed by atoms with van der Waals surface area (Å²) in [5.74, 6) is 0. The first-order valence-electron chi connectivity index (χ1n) is 7.28. The van der Waals surface area contributed by atoms with Gasteiger partial charge in [-0.2, -0.15) is 0 Å². The van der Waals surface area contributed by atoms with Crippen LogP contribution in [0.2, 0.25) is 0 Å². The summed E-state index contributed by atoms with van der Waals surface area (Å²) in [4.78, 5) is 2.64. The van der Waals surface area contributed by atoms with E-state index in [4.69, 9.17) is 5.73 Å². The number of piperidine rings is 1. The Labute approximate surface area is 111 Å². The van der Waals surface area contributed by atoms with Gasteiger partial charge in [-0.05, 0) is 38.3 Å². The molecule has 1 fully saturated rings. The van der Waals surface area contributed by atoms with Crippen molar-refractivity contribution in [2.45, 2.75) is 51.6 Å². The Morgan fingerprint density at radius 3 is 2.89 bits per heavy atom. The normalized spacial score (nSPS) is 22.9. The van der Waals surface area contributed by atoms with Gasteiger partial charge in [0, 0.05) is 18.6 Å². The fourth-order valence-corrected chi connectivity index (χ4v) is 3.21. The van der Waals surface area contributed by atoms with Crippen molar-refractivity contribution in [1.82, 2.24) is 4.90 Å². The van der Waals surface area contributed by atoms with E-state index in [0.29, 0.717) is 12.1 Å². The van der Waals surface area contributed by atoms with Crippen molar-refractivity contribution in [3.63, 3.8) is 0 Å². The van der Waals surface area contributed by atoms with E-state index in [1.807, 2.05) is 0 Å². The molecule has 2 heteroatoms. The van der Waals surface area contributed by atoms with Crippen molar-refractivity contribution in [3.8, 4) is 0 Å². The maximum atomic E-state index is 6.06. The highest BCUT2D eigenvalue weighted by Crippen LogP contribution is 2.29. The van der Waals surface area contributed by atoms with Gasteiger partial charge in [-0.15, -0.1) is 0 Å². The second kappa shape index (κ2) is 6.35. The highest BCUT2D eigenvalue weighted by molar-refractivity contribution is 5.25. The van der Waals surface area contributed by atoms with E-state index in [-0.39, 0.29) is 0 Å². The molecule has 1 saturated heterocycles. The second-order valence-corrected chi connectivity index (χ2v) is 5.46. The first kappa shape index (κ1) is 13.6. The molecule has 0 bridgehead atoms. The average molecular weight is 246 g/mol. The number of likely N-dealkylation sites (tertiary alicyclic amines) is 1. The molecule has 2 atom stereocenters.